The summed E-state index contributed by atoms with van der Waals surface area (Å²) in [5.41, 5.74) is 1.08. The van der Waals surface area contributed by atoms with Gasteiger partial charge in [0.15, 0.2) is 6.10 Å². The molecule has 7 heteroatoms. The van der Waals surface area contributed by atoms with Crippen molar-refractivity contribution in [1.29, 1.82) is 0 Å². The Morgan fingerprint density at radius 1 is 1.11 bits per heavy atom. The molecule has 2 aromatic carbocycles. The highest BCUT2D eigenvalue weighted by Crippen LogP contribution is 2.35. The lowest BCUT2D eigenvalue weighted by atomic mass is 10.1. The van der Waals surface area contributed by atoms with E-state index in [1.54, 1.807) is 56.6 Å². The number of pyridine rings is 1. The van der Waals surface area contributed by atoms with Gasteiger partial charge in [0.05, 0.1) is 17.8 Å². The van der Waals surface area contributed by atoms with E-state index in [1.807, 2.05) is 6.07 Å². The molecule has 2 amide bonds. The van der Waals surface area contributed by atoms with Crippen LogP contribution in [0.4, 0.5) is 5.69 Å². The summed E-state index contributed by atoms with van der Waals surface area (Å²) in [5, 5.41) is 0.645. The minimum Gasteiger partial charge on any atom is -0.476 e. The molecule has 1 aliphatic rings. The van der Waals surface area contributed by atoms with Crippen LogP contribution in [0.5, 0.6) is 5.75 Å². The van der Waals surface area contributed by atoms with E-state index in [0.717, 1.165) is 0 Å². The Balaban J connectivity index is 1.83. The van der Waals surface area contributed by atoms with Gasteiger partial charge in [0.25, 0.3) is 11.8 Å². The predicted molar refractivity (Wildman–Crippen MR) is 106 cm³/mol. The summed E-state index contributed by atoms with van der Waals surface area (Å²) in [4.78, 5) is 43.7. The average molecular weight is 377 g/mol. The van der Waals surface area contributed by atoms with Crippen LogP contribution in [0, 0.1) is 0 Å². The number of hydrogen-bond acceptors (Lipinski definition) is 4. The van der Waals surface area contributed by atoms with Crippen molar-refractivity contribution in [3.05, 3.63) is 70.5 Å². The number of likely N-dealkylation sites (N-methyl/N-ethyl adjacent to an activating group) is 1. The quantitative estimate of drug-likeness (QED) is 0.741. The van der Waals surface area contributed by atoms with Gasteiger partial charge in [0, 0.05) is 31.1 Å². The molecule has 7 nitrogen and oxygen atoms in total. The molecule has 0 bridgehead atoms. The van der Waals surface area contributed by atoms with Gasteiger partial charge in [-0.3, -0.25) is 14.4 Å². The lowest BCUT2D eigenvalue weighted by Crippen LogP contribution is -2.50. The van der Waals surface area contributed by atoms with E-state index in [-0.39, 0.29) is 29.5 Å². The molecule has 2 heterocycles. The van der Waals surface area contributed by atoms with E-state index in [1.165, 1.54) is 15.9 Å². The molecule has 0 saturated carbocycles. The normalized spacial score (nSPS) is 15.6. The lowest BCUT2D eigenvalue weighted by molar-refractivity contribution is -0.135. The SMILES string of the molecule is CN(C)C(=O)C1CN(C(=O)c2cc(=O)[nH]c3ccccc23)c2ccccc2O1. The van der Waals surface area contributed by atoms with E-state index >= 15 is 0 Å². The third kappa shape index (κ3) is 3.00. The van der Waals surface area contributed by atoms with Crippen LogP contribution in [0.2, 0.25) is 0 Å². The second kappa shape index (κ2) is 6.84. The van der Waals surface area contributed by atoms with Crippen LogP contribution in [0.3, 0.4) is 0 Å². The Labute approximate surface area is 161 Å². The van der Waals surface area contributed by atoms with E-state index in [2.05, 4.69) is 4.98 Å². The van der Waals surface area contributed by atoms with Crippen molar-refractivity contribution in [3.63, 3.8) is 0 Å². The number of aromatic amines is 1. The van der Waals surface area contributed by atoms with Gasteiger partial charge in [-0.15, -0.1) is 0 Å². The highest BCUT2D eigenvalue weighted by atomic mass is 16.5. The van der Waals surface area contributed by atoms with E-state index < -0.39 is 6.10 Å². The maximum absolute atomic E-state index is 13.5. The van der Waals surface area contributed by atoms with Gasteiger partial charge >= 0.3 is 0 Å². The molecule has 0 radical (unpaired) electrons. The predicted octanol–water partition coefficient (Wildman–Crippen LogP) is 2.02. The fourth-order valence-electron chi connectivity index (χ4n) is 3.37. The Morgan fingerprint density at radius 3 is 2.61 bits per heavy atom. The number of para-hydroxylation sites is 3. The minimum atomic E-state index is -0.817. The summed E-state index contributed by atoms with van der Waals surface area (Å²) in [5.74, 6) is -0.130. The highest BCUT2D eigenvalue weighted by Gasteiger charge is 2.35. The van der Waals surface area contributed by atoms with Crippen LogP contribution < -0.4 is 15.2 Å². The van der Waals surface area contributed by atoms with Crippen LogP contribution >= 0.6 is 0 Å². The zero-order chi connectivity index (χ0) is 19.8. The number of anilines is 1. The zero-order valence-electron chi connectivity index (χ0n) is 15.5. The molecule has 4 rings (SSSR count). The smallest absolute Gasteiger partial charge is 0.265 e. The molecule has 1 unspecified atom stereocenters. The van der Waals surface area contributed by atoms with Crippen LogP contribution in [0.25, 0.3) is 10.9 Å². The monoisotopic (exact) mass is 377 g/mol. The van der Waals surface area contributed by atoms with Crippen molar-refractivity contribution in [2.24, 2.45) is 0 Å². The fraction of sp³-hybridized carbons (Fsp3) is 0.190. The van der Waals surface area contributed by atoms with E-state index in [0.29, 0.717) is 22.3 Å². The van der Waals surface area contributed by atoms with Crippen molar-refractivity contribution in [3.8, 4) is 5.75 Å². The van der Waals surface area contributed by atoms with E-state index in [4.69, 9.17) is 4.74 Å². The molecule has 1 atom stereocenters. The maximum atomic E-state index is 13.5. The second-order valence-electron chi connectivity index (χ2n) is 6.82. The van der Waals surface area contributed by atoms with Crippen LogP contribution in [-0.2, 0) is 4.79 Å². The summed E-state index contributed by atoms with van der Waals surface area (Å²) in [6.07, 6.45) is -0.817. The number of aromatic nitrogens is 1. The Bertz CT molecular complexity index is 1140. The molecule has 0 aliphatic carbocycles. The summed E-state index contributed by atoms with van der Waals surface area (Å²) in [6.45, 7) is 0.0635. The van der Waals surface area contributed by atoms with Gasteiger partial charge < -0.3 is 19.5 Å². The van der Waals surface area contributed by atoms with Crippen molar-refractivity contribution in [2.75, 3.05) is 25.5 Å². The number of fused-ring (bicyclic) bond motifs is 2. The standard InChI is InChI=1S/C21H19N3O4/c1-23(2)21(27)18-12-24(16-9-5-6-10-17(16)28-18)20(26)14-11-19(25)22-15-8-4-3-7-13(14)15/h3-11,18H,12H2,1-2H3,(H,22,25). The molecule has 3 aromatic rings. The molecule has 1 N–H and O–H groups in total. The number of H-pyrrole nitrogens is 1. The molecular formula is C21H19N3O4. The van der Waals surface area contributed by atoms with Crippen molar-refractivity contribution >= 4 is 28.4 Å². The second-order valence-corrected chi connectivity index (χ2v) is 6.82. The van der Waals surface area contributed by atoms with Gasteiger partial charge in [-0.2, -0.15) is 0 Å². The first-order chi connectivity index (χ1) is 13.5. The van der Waals surface area contributed by atoms with Gasteiger partial charge in [0.1, 0.15) is 5.75 Å². The molecule has 0 spiro atoms. The van der Waals surface area contributed by atoms with Crippen molar-refractivity contribution in [2.45, 2.75) is 6.10 Å². The number of carbonyl (C=O) groups is 2. The third-order valence-corrected chi connectivity index (χ3v) is 4.72. The largest absolute Gasteiger partial charge is 0.476 e. The van der Waals surface area contributed by atoms with Gasteiger partial charge in [-0.05, 0) is 18.2 Å². The van der Waals surface area contributed by atoms with Gasteiger partial charge in [0.2, 0.25) is 5.56 Å². The van der Waals surface area contributed by atoms with Gasteiger partial charge in [-0.1, -0.05) is 30.3 Å². The molecular weight excluding hydrogens is 358 g/mol. The fourth-order valence-corrected chi connectivity index (χ4v) is 3.37. The first-order valence-corrected chi connectivity index (χ1v) is 8.86. The molecule has 142 valence electrons. The number of ether oxygens (including phenoxy) is 1. The highest BCUT2D eigenvalue weighted by molar-refractivity contribution is 6.14. The topological polar surface area (TPSA) is 82.7 Å². The Hall–Kier alpha value is -3.61. The molecule has 0 fully saturated rings. The van der Waals surface area contributed by atoms with Crippen molar-refractivity contribution < 1.29 is 14.3 Å². The van der Waals surface area contributed by atoms with Crippen LogP contribution in [0.1, 0.15) is 10.4 Å². The maximum Gasteiger partial charge on any atom is 0.265 e. The number of rotatable bonds is 2. The van der Waals surface area contributed by atoms with Crippen LogP contribution in [0.15, 0.2) is 59.4 Å². The van der Waals surface area contributed by atoms with Gasteiger partial charge in [-0.25, -0.2) is 0 Å². The number of amides is 2. The number of benzene rings is 2. The number of hydrogen-bond donors (Lipinski definition) is 1. The van der Waals surface area contributed by atoms with Crippen molar-refractivity contribution in [1.82, 2.24) is 9.88 Å². The summed E-state index contributed by atoms with van der Waals surface area (Å²) in [7, 11) is 3.28. The molecule has 1 aromatic heterocycles. The summed E-state index contributed by atoms with van der Waals surface area (Å²) in [6, 6.07) is 15.5. The number of nitrogens with zero attached hydrogens (tertiary/aromatic N) is 2. The first-order valence-electron chi connectivity index (χ1n) is 8.86. The third-order valence-electron chi connectivity index (χ3n) is 4.72. The zero-order valence-corrected chi connectivity index (χ0v) is 15.5. The number of nitrogens with one attached hydrogen (secondary N) is 1. The average Bonchev–Trinajstić information content (AvgIpc) is 2.71. The van der Waals surface area contributed by atoms with Crippen LogP contribution in [-0.4, -0.2) is 48.4 Å². The lowest BCUT2D eigenvalue weighted by Gasteiger charge is -2.35. The molecule has 1 aliphatic heterocycles. The summed E-state index contributed by atoms with van der Waals surface area (Å²) >= 11 is 0. The number of carbonyl (C=O) groups excluding carboxylic acids is 2. The van der Waals surface area contributed by atoms with E-state index in [9.17, 15) is 14.4 Å². The summed E-state index contributed by atoms with van der Waals surface area (Å²) < 4.78 is 5.83. The molecule has 28 heavy (non-hydrogen) atoms. The Morgan fingerprint density at radius 2 is 1.82 bits per heavy atom. The first kappa shape index (κ1) is 17.8. The minimum absolute atomic E-state index is 0.0635. The molecule has 0 saturated heterocycles. The Kier molecular flexibility index (Phi) is 4.35.